The molecule has 1 aromatic rings. The van der Waals surface area contributed by atoms with Crippen LogP contribution in [0.15, 0.2) is 23.2 Å². The van der Waals surface area contributed by atoms with Gasteiger partial charge in [-0.05, 0) is 26.0 Å². The largest absolute Gasteiger partial charge is 0.497 e. The summed E-state index contributed by atoms with van der Waals surface area (Å²) < 4.78 is 10.5. The second kappa shape index (κ2) is 5.40. The number of ether oxygens (including phenoxy) is 2. The lowest BCUT2D eigenvalue weighted by Gasteiger charge is -2.24. The summed E-state index contributed by atoms with van der Waals surface area (Å²) >= 11 is 0. The SMILES string of the molecule is CCN=C1NC(=O)C(C)(c2ccc(OC)cc2OC)N1. The van der Waals surface area contributed by atoms with Crippen LogP contribution in [0.1, 0.15) is 19.4 Å². The molecule has 1 atom stereocenters. The van der Waals surface area contributed by atoms with E-state index in [0.29, 0.717) is 24.0 Å². The van der Waals surface area contributed by atoms with Crippen LogP contribution in [-0.2, 0) is 10.3 Å². The highest BCUT2D eigenvalue weighted by atomic mass is 16.5. The molecular formula is C14H19N3O3. The zero-order valence-electron chi connectivity index (χ0n) is 12.1. The number of hydrogen-bond acceptors (Lipinski definition) is 4. The lowest BCUT2D eigenvalue weighted by Crippen LogP contribution is -2.41. The molecular weight excluding hydrogens is 258 g/mol. The number of methoxy groups -OCH3 is 2. The lowest BCUT2D eigenvalue weighted by molar-refractivity contribution is -0.123. The molecule has 0 aromatic heterocycles. The maximum atomic E-state index is 12.3. The van der Waals surface area contributed by atoms with E-state index in [9.17, 15) is 4.79 Å². The van der Waals surface area contributed by atoms with Crippen LogP contribution < -0.4 is 20.1 Å². The van der Waals surface area contributed by atoms with Gasteiger partial charge in [-0.25, -0.2) is 0 Å². The molecule has 6 heteroatoms. The first-order chi connectivity index (χ1) is 9.55. The van der Waals surface area contributed by atoms with Crippen LogP contribution in [0.2, 0.25) is 0 Å². The normalized spacial score (nSPS) is 23.4. The second-order valence-corrected chi connectivity index (χ2v) is 4.59. The molecule has 2 rings (SSSR count). The number of benzene rings is 1. The van der Waals surface area contributed by atoms with Crippen LogP contribution in [-0.4, -0.2) is 32.6 Å². The predicted molar refractivity (Wildman–Crippen MR) is 76.2 cm³/mol. The summed E-state index contributed by atoms with van der Waals surface area (Å²) in [6.07, 6.45) is 0. The van der Waals surface area contributed by atoms with Crippen LogP contribution >= 0.6 is 0 Å². The molecule has 0 saturated carbocycles. The van der Waals surface area contributed by atoms with Gasteiger partial charge in [-0.3, -0.25) is 15.1 Å². The number of guanidine groups is 1. The lowest BCUT2D eigenvalue weighted by atomic mass is 9.91. The number of hydrogen-bond donors (Lipinski definition) is 2. The Kier molecular flexibility index (Phi) is 3.83. The molecule has 1 unspecified atom stereocenters. The number of carbonyl (C=O) groups is 1. The summed E-state index contributed by atoms with van der Waals surface area (Å²) in [4.78, 5) is 16.5. The Balaban J connectivity index is 2.44. The number of carbonyl (C=O) groups excluding carboxylic acids is 1. The molecule has 0 bridgehead atoms. The third-order valence-electron chi connectivity index (χ3n) is 3.32. The fourth-order valence-electron chi connectivity index (χ4n) is 2.20. The summed E-state index contributed by atoms with van der Waals surface area (Å²) in [5, 5.41) is 5.85. The molecule has 6 nitrogen and oxygen atoms in total. The Hall–Kier alpha value is -2.24. The van der Waals surface area contributed by atoms with Crippen LogP contribution in [0, 0.1) is 0 Å². The van der Waals surface area contributed by atoms with Gasteiger partial charge < -0.3 is 14.8 Å². The van der Waals surface area contributed by atoms with Gasteiger partial charge >= 0.3 is 0 Å². The van der Waals surface area contributed by atoms with Gasteiger partial charge in [0.1, 0.15) is 17.0 Å². The van der Waals surface area contributed by atoms with Crippen molar-refractivity contribution >= 4 is 11.9 Å². The van der Waals surface area contributed by atoms with Crippen molar-refractivity contribution in [2.75, 3.05) is 20.8 Å². The van der Waals surface area contributed by atoms with E-state index in [1.54, 1.807) is 33.3 Å². The van der Waals surface area contributed by atoms with Gasteiger partial charge in [-0.2, -0.15) is 0 Å². The van der Waals surface area contributed by atoms with E-state index < -0.39 is 5.54 Å². The topological polar surface area (TPSA) is 72.0 Å². The minimum Gasteiger partial charge on any atom is -0.497 e. The van der Waals surface area contributed by atoms with E-state index in [2.05, 4.69) is 15.6 Å². The van der Waals surface area contributed by atoms with Crippen LogP contribution in [0.4, 0.5) is 0 Å². The van der Waals surface area contributed by atoms with E-state index in [-0.39, 0.29) is 5.91 Å². The van der Waals surface area contributed by atoms with Crippen molar-refractivity contribution in [3.63, 3.8) is 0 Å². The molecule has 20 heavy (non-hydrogen) atoms. The number of rotatable bonds is 4. The highest BCUT2D eigenvalue weighted by molar-refractivity contribution is 6.09. The summed E-state index contributed by atoms with van der Waals surface area (Å²) in [5.41, 5.74) is -0.175. The first-order valence-electron chi connectivity index (χ1n) is 6.41. The molecule has 0 radical (unpaired) electrons. The van der Waals surface area contributed by atoms with Crippen molar-refractivity contribution in [2.24, 2.45) is 4.99 Å². The number of amides is 1. The molecule has 1 aromatic carbocycles. The molecule has 2 N–H and O–H groups in total. The third-order valence-corrected chi connectivity index (χ3v) is 3.32. The van der Waals surface area contributed by atoms with E-state index in [1.165, 1.54) is 0 Å². The quantitative estimate of drug-likeness (QED) is 0.861. The molecule has 1 saturated heterocycles. The zero-order valence-corrected chi connectivity index (χ0v) is 12.1. The van der Waals surface area contributed by atoms with Gasteiger partial charge in [0.15, 0.2) is 5.96 Å². The van der Waals surface area contributed by atoms with E-state index in [4.69, 9.17) is 9.47 Å². The molecule has 1 aliphatic heterocycles. The summed E-state index contributed by atoms with van der Waals surface area (Å²) in [6.45, 7) is 4.30. The first kappa shape index (κ1) is 14.2. The molecule has 0 spiro atoms. The Bertz CT molecular complexity index is 557. The van der Waals surface area contributed by atoms with Crippen molar-refractivity contribution in [3.05, 3.63) is 23.8 Å². The van der Waals surface area contributed by atoms with Crippen molar-refractivity contribution in [3.8, 4) is 11.5 Å². The zero-order chi connectivity index (χ0) is 14.8. The average Bonchev–Trinajstić information content (AvgIpc) is 2.74. The Morgan fingerprint density at radius 3 is 2.65 bits per heavy atom. The van der Waals surface area contributed by atoms with Crippen LogP contribution in [0.5, 0.6) is 11.5 Å². The van der Waals surface area contributed by atoms with Gasteiger partial charge in [-0.15, -0.1) is 0 Å². The number of nitrogens with zero attached hydrogens (tertiary/aromatic N) is 1. The fraction of sp³-hybridized carbons (Fsp3) is 0.429. The van der Waals surface area contributed by atoms with Crippen molar-refractivity contribution in [2.45, 2.75) is 19.4 Å². The maximum Gasteiger partial charge on any atom is 0.256 e. The van der Waals surface area contributed by atoms with Gasteiger partial charge in [0.05, 0.1) is 14.2 Å². The third kappa shape index (κ3) is 2.29. The van der Waals surface area contributed by atoms with Crippen molar-refractivity contribution < 1.29 is 14.3 Å². The Morgan fingerprint density at radius 2 is 2.05 bits per heavy atom. The standard InChI is InChI=1S/C14H19N3O3/c1-5-15-13-16-12(18)14(2,17-13)10-7-6-9(19-3)8-11(10)20-4/h6-8H,5H2,1-4H3,(H2,15,16,17,18). The second-order valence-electron chi connectivity index (χ2n) is 4.59. The summed E-state index contributed by atoms with van der Waals surface area (Å²) in [7, 11) is 3.15. The van der Waals surface area contributed by atoms with E-state index in [1.807, 2.05) is 13.0 Å². The van der Waals surface area contributed by atoms with Gasteiger partial charge in [0, 0.05) is 18.2 Å². The number of nitrogens with one attached hydrogen (secondary N) is 2. The molecule has 1 fully saturated rings. The van der Waals surface area contributed by atoms with Gasteiger partial charge in [-0.1, -0.05) is 0 Å². The van der Waals surface area contributed by atoms with Gasteiger partial charge in [0.2, 0.25) is 0 Å². The van der Waals surface area contributed by atoms with Crippen molar-refractivity contribution in [1.29, 1.82) is 0 Å². The fourth-order valence-corrected chi connectivity index (χ4v) is 2.20. The molecule has 0 aliphatic carbocycles. The van der Waals surface area contributed by atoms with Gasteiger partial charge in [0.25, 0.3) is 5.91 Å². The summed E-state index contributed by atoms with van der Waals surface area (Å²) in [6, 6.07) is 5.37. The highest BCUT2D eigenvalue weighted by Crippen LogP contribution is 2.34. The van der Waals surface area contributed by atoms with Crippen LogP contribution in [0.3, 0.4) is 0 Å². The Morgan fingerprint density at radius 1 is 1.30 bits per heavy atom. The maximum absolute atomic E-state index is 12.3. The first-order valence-corrected chi connectivity index (χ1v) is 6.41. The average molecular weight is 277 g/mol. The minimum atomic E-state index is -0.911. The smallest absolute Gasteiger partial charge is 0.256 e. The van der Waals surface area contributed by atoms with Crippen LogP contribution in [0.25, 0.3) is 0 Å². The molecule has 1 aliphatic rings. The monoisotopic (exact) mass is 277 g/mol. The van der Waals surface area contributed by atoms with E-state index in [0.717, 1.165) is 5.56 Å². The number of aliphatic imine (C=N–C) groups is 1. The van der Waals surface area contributed by atoms with E-state index >= 15 is 0 Å². The Labute approximate surface area is 118 Å². The molecule has 1 amide bonds. The molecule has 1 heterocycles. The highest BCUT2D eigenvalue weighted by Gasteiger charge is 2.44. The predicted octanol–water partition coefficient (Wildman–Crippen LogP) is 1.01. The summed E-state index contributed by atoms with van der Waals surface area (Å²) in [5.74, 6) is 1.59. The molecule has 108 valence electrons. The minimum absolute atomic E-state index is 0.159. The van der Waals surface area contributed by atoms with Crippen molar-refractivity contribution in [1.82, 2.24) is 10.6 Å².